The average molecular weight is 837 g/mol. The van der Waals surface area contributed by atoms with Crippen molar-refractivity contribution in [3.05, 3.63) is 76.7 Å². The van der Waals surface area contributed by atoms with Gasteiger partial charge < -0.3 is 15.5 Å². The standard InChI is InChI=1S/C41H46F2N14O4/c1-50-37-31(3-2-4-32(37)56(41(50)61)33-11-12-35(58)46-40(33)60)53-20-28(21-53)52-15-13-51(14-16-52)19-24-5-7-26(8-6-24)54-23-34(36(48-54)38(42)43)55-22-29(47-49-55)30-10-9-27-17-25(39(44)59)18-45-57(27)30/h2-4,9-10,17-18,22-24,26,28,33,38H,5-8,11-16,19-21H2,1H3,(H2,44,59)(H,46,58,60). The van der Waals surface area contributed by atoms with Gasteiger partial charge in [-0.25, -0.2) is 22.8 Å². The van der Waals surface area contributed by atoms with Crippen molar-refractivity contribution in [1.82, 2.24) is 58.6 Å². The summed E-state index contributed by atoms with van der Waals surface area (Å²) < 4.78 is 36.4. The van der Waals surface area contributed by atoms with E-state index in [1.165, 1.54) is 15.4 Å². The number of carbonyl (C=O) groups excluding carboxylic acids is 3. The van der Waals surface area contributed by atoms with E-state index in [9.17, 15) is 28.0 Å². The number of nitrogens with two attached hydrogens (primary N) is 1. The second-order valence-electron chi connectivity index (χ2n) is 16.8. The average Bonchev–Trinajstić information content (AvgIpc) is 4.04. The summed E-state index contributed by atoms with van der Waals surface area (Å²) in [5.74, 6) is -0.815. The largest absolute Gasteiger partial charge is 0.367 e. The van der Waals surface area contributed by atoms with Gasteiger partial charge in [0.15, 0.2) is 5.69 Å². The molecule has 0 spiro atoms. The number of imidazole rings is 1. The van der Waals surface area contributed by atoms with Crippen molar-refractivity contribution in [2.75, 3.05) is 50.7 Å². The molecule has 0 radical (unpaired) electrons. The Balaban J connectivity index is 0.726. The van der Waals surface area contributed by atoms with E-state index in [0.29, 0.717) is 40.8 Å². The Bertz CT molecular complexity index is 2730. The molecule has 1 atom stereocenters. The summed E-state index contributed by atoms with van der Waals surface area (Å²) in [6, 6.07) is 10.7. The minimum atomic E-state index is -2.80. The van der Waals surface area contributed by atoms with E-state index in [1.807, 2.05) is 18.2 Å². The van der Waals surface area contributed by atoms with Crippen molar-refractivity contribution in [1.29, 1.82) is 0 Å². The van der Waals surface area contributed by atoms with Gasteiger partial charge >= 0.3 is 5.69 Å². The summed E-state index contributed by atoms with van der Waals surface area (Å²) in [6.07, 6.45) is 5.97. The minimum Gasteiger partial charge on any atom is -0.367 e. The van der Waals surface area contributed by atoms with Gasteiger partial charge in [0, 0.05) is 65.3 Å². The van der Waals surface area contributed by atoms with Crippen molar-refractivity contribution in [3.63, 3.8) is 0 Å². The maximum atomic E-state index is 14.3. The first-order valence-corrected chi connectivity index (χ1v) is 20.8. The summed E-state index contributed by atoms with van der Waals surface area (Å²) >= 11 is 0. The third-order valence-corrected chi connectivity index (χ3v) is 13.2. The number of hydrogen-bond donors (Lipinski definition) is 2. The number of anilines is 1. The Morgan fingerprint density at radius 3 is 2.48 bits per heavy atom. The van der Waals surface area contributed by atoms with Crippen molar-refractivity contribution in [2.45, 2.75) is 63.1 Å². The lowest BCUT2D eigenvalue weighted by Crippen LogP contribution is -2.63. The third-order valence-electron chi connectivity index (χ3n) is 13.2. The first-order chi connectivity index (χ1) is 29.5. The summed E-state index contributed by atoms with van der Waals surface area (Å²) in [7, 11) is 1.74. The van der Waals surface area contributed by atoms with Crippen LogP contribution >= 0.6 is 0 Å². The quantitative estimate of drug-likeness (QED) is 0.193. The van der Waals surface area contributed by atoms with Crippen LogP contribution in [0.2, 0.25) is 0 Å². The van der Waals surface area contributed by atoms with Crippen molar-refractivity contribution in [2.24, 2.45) is 18.7 Å². The number of halogens is 2. The summed E-state index contributed by atoms with van der Waals surface area (Å²) in [5, 5.41) is 19.5. The number of nitrogens with one attached hydrogen (secondary N) is 1. The van der Waals surface area contributed by atoms with Gasteiger partial charge in [-0.2, -0.15) is 10.2 Å². The van der Waals surface area contributed by atoms with Crippen molar-refractivity contribution >= 4 is 40.0 Å². The molecule has 3 aliphatic heterocycles. The van der Waals surface area contributed by atoms with Crippen molar-refractivity contribution < 1.29 is 23.2 Å². The second kappa shape index (κ2) is 15.3. The Hall–Kier alpha value is -6.28. The molecular weight excluding hydrogens is 791 g/mol. The zero-order valence-corrected chi connectivity index (χ0v) is 33.6. The fourth-order valence-corrected chi connectivity index (χ4v) is 9.80. The lowest BCUT2D eigenvalue weighted by Gasteiger charge is -2.49. The molecule has 0 bridgehead atoms. The van der Waals surface area contributed by atoms with Gasteiger partial charge in [-0.3, -0.25) is 38.4 Å². The maximum Gasteiger partial charge on any atom is 0.329 e. The number of primary amides is 1. The van der Waals surface area contributed by atoms with Crippen LogP contribution in [0.1, 0.15) is 73.1 Å². The predicted octanol–water partition coefficient (Wildman–Crippen LogP) is 2.68. The number of alkyl halides is 2. The number of carbonyl (C=O) groups is 3. The lowest BCUT2D eigenvalue weighted by molar-refractivity contribution is -0.135. The number of benzene rings is 1. The van der Waals surface area contributed by atoms with Gasteiger partial charge in [0.05, 0.1) is 58.1 Å². The van der Waals surface area contributed by atoms with Crippen LogP contribution in [0, 0.1) is 5.92 Å². The molecule has 6 aromatic rings. The van der Waals surface area contributed by atoms with Crippen LogP contribution in [0.4, 0.5) is 14.5 Å². The van der Waals surface area contributed by atoms with E-state index in [4.69, 9.17) is 5.73 Å². The molecular formula is C41H46F2N14O4. The number of para-hydroxylation sites is 1. The van der Waals surface area contributed by atoms with Crippen LogP contribution in [-0.2, 0) is 16.6 Å². The Morgan fingerprint density at radius 2 is 1.74 bits per heavy atom. The lowest BCUT2D eigenvalue weighted by atomic mass is 9.85. The van der Waals surface area contributed by atoms with Crippen LogP contribution in [-0.4, -0.2) is 123 Å². The molecule has 318 valence electrons. The fourth-order valence-electron chi connectivity index (χ4n) is 9.80. The number of piperidine rings is 1. The van der Waals surface area contributed by atoms with Gasteiger partial charge in [-0.15, -0.1) is 5.10 Å². The number of hydrogen-bond acceptors (Lipinski definition) is 11. The molecule has 4 fully saturated rings. The predicted molar refractivity (Wildman–Crippen MR) is 218 cm³/mol. The first-order valence-electron chi connectivity index (χ1n) is 20.8. The molecule has 1 aliphatic carbocycles. The molecule has 3 amide bonds. The van der Waals surface area contributed by atoms with E-state index in [0.717, 1.165) is 82.7 Å². The van der Waals surface area contributed by atoms with Gasteiger partial charge in [0.25, 0.3) is 6.43 Å². The van der Waals surface area contributed by atoms with Gasteiger partial charge in [-0.1, -0.05) is 11.3 Å². The summed E-state index contributed by atoms with van der Waals surface area (Å²) in [4.78, 5) is 56.9. The van der Waals surface area contributed by atoms with E-state index in [1.54, 1.807) is 51.4 Å². The molecule has 1 aromatic carbocycles. The molecule has 10 rings (SSSR count). The van der Waals surface area contributed by atoms with Crippen LogP contribution in [0.3, 0.4) is 0 Å². The van der Waals surface area contributed by atoms with Gasteiger partial charge in [-0.05, 0) is 68.4 Å². The number of fused-ring (bicyclic) bond motifs is 2. The zero-order chi connectivity index (χ0) is 42.1. The smallest absolute Gasteiger partial charge is 0.329 e. The minimum absolute atomic E-state index is 0.00591. The number of nitrogens with zero attached hydrogens (tertiary/aromatic N) is 12. The molecule has 3 saturated heterocycles. The molecule has 8 heterocycles. The number of imide groups is 1. The Labute approximate surface area is 347 Å². The number of aryl methyl sites for hydroxylation is 1. The number of rotatable bonds is 10. The summed E-state index contributed by atoms with van der Waals surface area (Å²) in [6.45, 7) is 6.64. The molecule has 18 nitrogen and oxygen atoms in total. The van der Waals surface area contributed by atoms with Crippen LogP contribution in [0.5, 0.6) is 0 Å². The molecule has 4 aliphatic rings. The molecule has 5 aromatic heterocycles. The zero-order valence-electron chi connectivity index (χ0n) is 33.6. The monoisotopic (exact) mass is 836 g/mol. The van der Waals surface area contributed by atoms with Crippen LogP contribution < -0.4 is 21.6 Å². The highest BCUT2D eigenvalue weighted by Crippen LogP contribution is 2.36. The molecule has 1 saturated carbocycles. The van der Waals surface area contributed by atoms with Crippen LogP contribution in [0.15, 0.2) is 59.8 Å². The number of amides is 3. The Morgan fingerprint density at radius 1 is 0.951 bits per heavy atom. The highest BCUT2D eigenvalue weighted by atomic mass is 19.3. The van der Waals surface area contributed by atoms with Gasteiger partial charge in [0.1, 0.15) is 17.4 Å². The number of piperazine rings is 1. The maximum absolute atomic E-state index is 14.3. The van der Waals surface area contributed by atoms with Gasteiger partial charge in [0.2, 0.25) is 17.7 Å². The van der Waals surface area contributed by atoms with E-state index < -0.39 is 24.3 Å². The van der Waals surface area contributed by atoms with Crippen molar-refractivity contribution in [3.8, 4) is 17.1 Å². The SMILES string of the molecule is Cn1c(=O)n(C2CCC(=O)NC2=O)c2cccc(N3CC(N4CCN(CC5CCC(n6cc(-n7cc(-c8ccc9cc(C(N)=O)cnn89)nn7)c(C(F)F)n6)CC5)CC4)C3)c21. The normalized spacial score (nSPS) is 22.1. The fraction of sp³-hybridized carbons (Fsp3) is 0.463. The molecule has 3 N–H and O–H groups in total. The van der Waals surface area contributed by atoms with E-state index in [2.05, 4.69) is 40.5 Å². The highest BCUT2D eigenvalue weighted by Gasteiger charge is 2.37. The summed E-state index contributed by atoms with van der Waals surface area (Å²) in [5.41, 5.74) is 9.34. The second-order valence-corrected chi connectivity index (χ2v) is 16.8. The van der Waals surface area contributed by atoms with E-state index in [-0.39, 0.29) is 41.0 Å². The third kappa shape index (κ3) is 6.96. The van der Waals surface area contributed by atoms with Crippen LogP contribution in [0.25, 0.3) is 33.6 Å². The Kier molecular flexibility index (Phi) is 9.77. The molecule has 61 heavy (non-hydrogen) atoms. The first kappa shape index (κ1) is 38.9. The highest BCUT2D eigenvalue weighted by molar-refractivity contribution is 6.00. The molecule has 1 unspecified atom stereocenters. The topological polar surface area (TPSA) is 192 Å². The number of aromatic nitrogens is 9. The van der Waals surface area contributed by atoms with E-state index >= 15 is 0 Å². The molecule has 20 heteroatoms.